The Morgan fingerprint density at radius 2 is 1.81 bits per heavy atom. The number of hydrogen-bond acceptors (Lipinski definition) is 3. The van der Waals surface area contributed by atoms with Gasteiger partial charge in [0.1, 0.15) is 0 Å². The number of anilines is 1. The fourth-order valence-electron chi connectivity index (χ4n) is 1.20. The fraction of sp³-hybridized carbons (Fsp3) is 0.273. The summed E-state index contributed by atoms with van der Waals surface area (Å²) in [6, 6.07) is 8.84. The highest BCUT2D eigenvalue weighted by atomic mass is 32.2. The van der Waals surface area contributed by atoms with Crippen LogP contribution in [0.1, 0.15) is 0 Å². The van der Waals surface area contributed by atoms with Crippen molar-refractivity contribution in [2.45, 2.75) is 0 Å². The van der Waals surface area contributed by atoms with Crippen LogP contribution in [-0.4, -0.2) is 35.0 Å². The second-order valence-corrected chi connectivity index (χ2v) is 4.78. The molecule has 1 atom stereocenters. The molecule has 1 aromatic carbocycles. The van der Waals surface area contributed by atoms with Gasteiger partial charge in [-0.05, 0) is 12.1 Å². The number of likely N-dealkylation sites (N-methyl/N-ethyl adjacent to an activating group) is 1. The summed E-state index contributed by atoms with van der Waals surface area (Å²) in [5.41, 5.74) is 0.641. The van der Waals surface area contributed by atoms with Crippen molar-refractivity contribution in [3.63, 3.8) is 0 Å². The highest BCUT2D eigenvalue weighted by molar-refractivity contribution is 7.85. The van der Waals surface area contributed by atoms with E-state index in [9.17, 15) is 13.8 Å². The van der Waals surface area contributed by atoms with Crippen molar-refractivity contribution in [1.29, 1.82) is 0 Å². The van der Waals surface area contributed by atoms with Crippen LogP contribution < -0.4 is 4.90 Å². The molecule has 1 aromatic rings. The third kappa shape index (κ3) is 3.27. The molecular formula is C11H13NO3S. The first-order valence-electron chi connectivity index (χ1n) is 4.68. The molecule has 4 nitrogen and oxygen atoms in total. The number of ketones is 1. The van der Waals surface area contributed by atoms with Gasteiger partial charge in [-0.25, -0.2) is 0 Å². The Morgan fingerprint density at radius 3 is 2.31 bits per heavy atom. The second kappa shape index (κ2) is 5.55. The molecule has 0 aromatic heterocycles. The number of Topliss-reactive ketones (excluding diaryl/α,β-unsaturated/α-hetero) is 1. The van der Waals surface area contributed by atoms with E-state index in [2.05, 4.69) is 0 Å². The molecule has 0 radical (unpaired) electrons. The van der Waals surface area contributed by atoms with Crippen molar-refractivity contribution in [1.82, 2.24) is 0 Å². The van der Waals surface area contributed by atoms with Gasteiger partial charge in [-0.2, -0.15) is 0 Å². The summed E-state index contributed by atoms with van der Waals surface area (Å²) in [5.74, 6) is -1.50. The highest BCUT2D eigenvalue weighted by Crippen LogP contribution is 2.11. The molecule has 0 saturated carbocycles. The molecule has 0 heterocycles. The van der Waals surface area contributed by atoms with Crippen LogP contribution in [0.25, 0.3) is 0 Å². The third-order valence-corrected chi connectivity index (χ3v) is 2.69. The van der Waals surface area contributed by atoms with Gasteiger partial charge in [0.15, 0.2) is 0 Å². The summed E-state index contributed by atoms with van der Waals surface area (Å²) in [6.07, 6.45) is 1.40. The average Bonchev–Trinajstić information content (AvgIpc) is 2.27. The molecule has 1 unspecified atom stereocenters. The number of para-hydroxylation sites is 1. The Labute approximate surface area is 96.7 Å². The molecule has 1 rings (SSSR count). The third-order valence-electron chi connectivity index (χ3n) is 2.02. The zero-order valence-electron chi connectivity index (χ0n) is 9.17. The Bertz CT molecular complexity index is 416. The lowest BCUT2D eigenvalue weighted by molar-refractivity contribution is -0.134. The molecular weight excluding hydrogens is 226 g/mol. The van der Waals surface area contributed by atoms with Gasteiger partial charge >= 0.3 is 0 Å². The largest absolute Gasteiger partial charge is 0.309 e. The van der Waals surface area contributed by atoms with Crippen molar-refractivity contribution in [2.24, 2.45) is 0 Å². The monoisotopic (exact) mass is 239 g/mol. The SMILES string of the molecule is CN(C(=O)C(=O)CS(C)=O)c1ccccc1. The first-order valence-corrected chi connectivity index (χ1v) is 6.41. The minimum absolute atomic E-state index is 0.226. The topological polar surface area (TPSA) is 54.5 Å². The normalized spacial score (nSPS) is 11.9. The van der Waals surface area contributed by atoms with Crippen molar-refractivity contribution in [2.75, 3.05) is 24.0 Å². The summed E-state index contributed by atoms with van der Waals surface area (Å²) >= 11 is 0. The molecule has 86 valence electrons. The van der Waals surface area contributed by atoms with Crippen LogP contribution in [0.3, 0.4) is 0 Å². The van der Waals surface area contributed by atoms with E-state index in [-0.39, 0.29) is 5.75 Å². The highest BCUT2D eigenvalue weighted by Gasteiger charge is 2.20. The maximum absolute atomic E-state index is 11.6. The summed E-state index contributed by atoms with van der Waals surface area (Å²) < 4.78 is 10.8. The van der Waals surface area contributed by atoms with Gasteiger partial charge in [-0.3, -0.25) is 13.8 Å². The number of rotatable bonds is 4. The van der Waals surface area contributed by atoms with Gasteiger partial charge in [0.05, 0.1) is 5.75 Å². The van der Waals surface area contributed by atoms with Crippen LogP contribution in [0, 0.1) is 0 Å². The molecule has 0 spiro atoms. The van der Waals surface area contributed by atoms with E-state index in [1.807, 2.05) is 6.07 Å². The molecule has 1 amide bonds. The van der Waals surface area contributed by atoms with Crippen molar-refractivity contribution >= 4 is 28.2 Å². The predicted molar refractivity (Wildman–Crippen MR) is 63.8 cm³/mol. The van der Waals surface area contributed by atoms with E-state index in [0.29, 0.717) is 5.69 Å². The van der Waals surface area contributed by atoms with Crippen LogP contribution in [-0.2, 0) is 20.4 Å². The van der Waals surface area contributed by atoms with E-state index in [1.54, 1.807) is 24.3 Å². The van der Waals surface area contributed by atoms with Gasteiger partial charge in [-0.1, -0.05) is 18.2 Å². The number of amides is 1. The number of hydrogen-bond donors (Lipinski definition) is 0. The summed E-state index contributed by atoms with van der Waals surface area (Å²) in [4.78, 5) is 24.3. The maximum atomic E-state index is 11.6. The van der Waals surface area contributed by atoms with Crippen LogP contribution in [0.2, 0.25) is 0 Å². The maximum Gasteiger partial charge on any atom is 0.295 e. The first kappa shape index (κ1) is 12.6. The van der Waals surface area contributed by atoms with Crippen molar-refractivity contribution < 1.29 is 13.8 Å². The zero-order valence-corrected chi connectivity index (χ0v) is 9.99. The lowest BCUT2D eigenvalue weighted by Gasteiger charge is -2.15. The Kier molecular flexibility index (Phi) is 4.37. The number of carbonyl (C=O) groups is 2. The summed E-state index contributed by atoms with van der Waals surface area (Å²) in [5, 5.41) is 0. The molecule has 0 aliphatic carbocycles. The fourth-order valence-corrected chi connectivity index (χ4v) is 1.69. The molecule has 0 saturated heterocycles. The molecule has 16 heavy (non-hydrogen) atoms. The first-order chi connectivity index (χ1) is 7.52. The van der Waals surface area contributed by atoms with Crippen molar-refractivity contribution in [3.05, 3.63) is 30.3 Å². The minimum atomic E-state index is -1.29. The van der Waals surface area contributed by atoms with Gasteiger partial charge in [0.25, 0.3) is 5.91 Å². The van der Waals surface area contributed by atoms with Crippen LogP contribution in [0.4, 0.5) is 5.69 Å². The van der Waals surface area contributed by atoms with E-state index in [0.717, 1.165) is 0 Å². The van der Waals surface area contributed by atoms with Gasteiger partial charge in [0, 0.05) is 29.8 Å². The molecule has 0 aliphatic heterocycles. The van der Waals surface area contributed by atoms with Gasteiger partial charge in [0.2, 0.25) is 5.78 Å². The van der Waals surface area contributed by atoms with E-state index >= 15 is 0 Å². The predicted octanol–water partition coefficient (Wildman–Crippen LogP) is 0.597. The molecule has 0 fully saturated rings. The van der Waals surface area contributed by atoms with Crippen LogP contribution >= 0.6 is 0 Å². The zero-order chi connectivity index (χ0) is 12.1. The minimum Gasteiger partial charge on any atom is -0.309 e. The number of carbonyl (C=O) groups excluding carboxylic acids is 2. The van der Waals surface area contributed by atoms with Crippen molar-refractivity contribution in [3.8, 4) is 0 Å². The lowest BCUT2D eigenvalue weighted by Crippen LogP contribution is -2.35. The molecule has 0 bridgehead atoms. The lowest BCUT2D eigenvalue weighted by atomic mass is 10.3. The summed E-state index contributed by atoms with van der Waals surface area (Å²) in [7, 11) is 0.236. The smallest absolute Gasteiger partial charge is 0.295 e. The van der Waals surface area contributed by atoms with Crippen LogP contribution in [0.5, 0.6) is 0 Å². The standard InChI is InChI=1S/C11H13NO3S/c1-12(9-6-4-3-5-7-9)11(14)10(13)8-16(2)15/h3-7H,8H2,1-2H3. The van der Waals surface area contributed by atoms with Gasteiger partial charge < -0.3 is 4.90 Å². The molecule has 0 N–H and O–H groups in total. The van der Waals surface area contributed by atoms with Crippen LogP contribution in [0.15, 0.2) is 30.3 Å². The van der Waals surface area contributed by atoms with E-state index < -0.39 is 22.5 Å². The average molecular weight is 239 g/mol. The number of benzene rings is 1. The van der Waals surface area contributed by atoms with Gasteiger partial charge in [-0.15, -0.1) is 0 Å². The van der Waals surface area contributed by atoms with E-state index in [4.69, 9.17) is 0 Å². The Hall–Kier alpha value is -1.49. The van der Waals surface area contributed by atoms with E-state index in [1.165, 1.54) is 18.2 Å². The Morgan fingerprint density at radius 1 is 1.25 bits per heavy atom. The molecule has 5 heteroatoms. The summed E-state index contributed by atoms with van der Waals surface area (Å²) in [6.45, 7) is 0. The number of nitrogens with zero attached hydrogens (tertiary/aromatic N) is 1. The Balaban J connectivity index is 2.75. The molecule has 0 aliphatic rings. The quantitative estimate of drug-likeness (QED) is 0.723. The second-order valence-electron chi connectivity index (χ2n) is 3.34.